The Bertz CT molecular complexity index is 1060. The maximum Gasteiger partial charge on any atom is 0.304 e. The summed E-state index contributed by atoms with van der Waals surface area (Å²) in [6.45, 7) is 0. The lowest BCUT2D eigenvalue weighted by Gasteiger charge is -2.10. The van der Waals surface area contributed by atoms with Crippen LogP contribution in [0.25, 0.3) is 11.4 Å². The molecular weight excluding hydrogens is 441 g/mol. The normalized spacial score (nSPS) is 11.5. The van der Waals surface area contributed by atoms with Gasteiger partial charge in [-0.15, -0.1) is 12.4 Å². The summed E-state index contributed by atoms with van der Waals surface area (Å²) in [6.07, 6.45) is 2.63. The molecular formula is C19H16Cl2F2N4O3. The molecule has 0 amide bonds. The van der Waals surface area contributed by atoms with Crippen LogP contribution in [0.4, 0.5) is 8.78 Å². The minimum absolute atomic E-state index is 0. The molecule has 1 aromatic carbocycles. The van der Waals surface area contributed by atoms with Crippen LogP contribution in [-0.4, -0.2) is 32.1 Å². The van der Waals surface area contributed by atoms with Crippen LogP contribution in [0.1, 0.15) is 12.1 Å². The number of benzene rings is 1. The van der Waals surface area contributed by atoms with Crippen molar-refractivity contribution in [3.63, 3.8) is 0 Å². The highest BCUT2D eigenvalue weighted by Crippen LogP contribution is 2.28. The summed E-state index contributed by atoms with van der Waals surface area (Å²) in [4.78, 5) is 22.7. The highest BCUT2D eigenvalue weighted by Gasteiger charge is 2.14. The number of carbonyl (C=O) groups is 1. The Balaban J connectivity index is 0.00000320. The van der Waals surface area contributed by atoms with Gasteiger partial charge in [0.05, 0.1) is 17.0 Å². The number of nitrogens with two attached hydrogens (primary N) is 1. The van der Waals surface area contributed by atoms with Crippen LogP contribution in [0.3, 0.4) is 0 Å². The Kier molecular flexibility index (Phi) is 7.99. The van der Waals surface area contributed by atoms with Crippen LogP contribution >= 0.6 is 24.0 Å². The number of aliphatic carboxylic acids is 1. The molecule has 1 unspecified atom stereocenters. The second-order valence-corrected chi connectivity index (χ2v) is 6.55. The van der Waals surface area contributed by atoms with Gasteiger partial charge in [0.25, 0.3) is 5.88 Å². The molecule has 158 valence electrons. The Morgan fingerprint density at radius 2 is 1.97 bits per heavy atom. The Morgan fingerprint density at radius 1 is 1.20 bits per heavy atom. The van der Waals surface area contributed by atoms with Gasteiger partial charge in [-0.3, -0.25) is 4.79 Å². The molecule has 0 aliphatic heterocycles. The average Bonchev–Trinajstić information content (AvgIpc) is 2.63. The second-order valence-electron chi connectivity index (χ2n) is 6.12. The van der Waals surface area contributed by atoms with Crippen LogP contribution in [0.5, 0.6) is 11.6 Å². The molecule has 0 saturated carbocycles. The monoisotopic (exact) mass is 456 g/mol. The van der Waals surface area contributed by atoms with Crippen molar-refractivity contribution in [1.29, 1.82) is 0 Å². The van der Waals surface area contributed by atoms with E-state index in [9.17, 15) is 13.6 Å². The summed E-state index contributed by atoms with van der Waals surface area (Å²) >= 11 is 5.63. The second kappa shape index (κ2) is 10.2. The lowest BCUT2D eigenvalue weighted by atomic mass is 10.1. The van der Waals surface area contributed by atoms with E-state index in [-0.39, 0.29) is 53.3 Å². The van der Waals surface area contributed by atoms with Crippen LogP contribution in [-0.2, 0) is 11.2 Å². The summed E-state index contributed by atoms with van der Waals surface area (Å²) in [5, 5.41) is 8.89. The maximum absolute atomic E-state index is 14.6. The molecule has 7 nitrogen and oxygen atoms in total. The van der Waals surface area contributed by atoms with Crippen molar-refractivity contribution in [2.45, 2.75) is 18.9 Å². The largest absolute Gasteiger partial charge is 0.481 e. The Hall–Kier alpha value is -2.88. The fourth-order valence-electron chi connectivity index (χ4n) is 2.53. The highest BCUT2D eigenvalue weighted by molar-refractivity contribution is 6.30. The zero-order valence-corrected chi connectivity index (χ0v) is 16.8. The van der Waals surface area contributed by atoms with E-state index < -0.39 is 23.6 Å². The van der Waals surface area contributed by atoms with Gasteiger partial charge in [0.15, 0.2) is 11.6 Å². The number of hydrogen-bond acceptors (Lipinski definition) is 6. The van der Waals surface area contributed by atoms with Gasteiger partial charge in [-0.05, 0) is 24.3 Å². The molecule has 1 atom stereocenters. The van der Waals surface area contributed by atoms with Gasteiger partial charge in [-0.25, -0.2) is 23.7 Å². The third kappa shape index (κ3) is 6.06. The third-order valence-electron chi connectivity index (χ3n) is 3.79. The van der Waals surface area contributed by atoms with E-state index >= 15 is 0 Å². The van der Waals surface area contributed by atoms with Gasteiger partial charge in [0.1, 0.15) is 11.6 Å². The molecule has 0 radical (unpaired) electrons. The van der Waals surface area contributed by atoms with Crippen molar-refractivity contribution in [1.82, 2.24) is 15.0 Å². The predicted octanol–water partition coefficient (Wildman–Crippen LogP) is 4.03. The molecule has 0 saturated heterocycles. The molecule has 11 heteroatoms. The topological polar surface area (TPSA) is 111 Å². The zero-order valence-electron chi connectivity index (χ0n) is 15.3. The zero-order chi connectivity index (χ0) is 21.0. The SMILES string of the molecule is Cl.NC(CC(=O)O)Cc1ccnc(-c2ccc(Oc3ncc(Cl)cc3F)cc2F)n1. The molecule has 2 aromatic heterocycles. The number of pyridine rings is 1. The van der Waals surface area contributed by atoms with Crippen LogP contribution in [0.15, 0.2) is 42.7 Å². The first kappa shape index (κ1) is 23.4. The first-order valence-corrected chi connectivity index (χ1v) is 8.77. The minimum Gasteiger partial charge on any atom is -0.481 e. The van der Waals surface area contributed by atoms with Crippen molar-refractivity contribution >= 4 is 30.0 Å². The van der Waals surface area contributed by atoms with Crippen molar-refractivity contribution in [3.05, 3.63) is 65.1 Å². The molecule has 0 aliphatic rings. The quantitative estimate of drug-likeness (QED) is 0.551. The van der Waals surface area contributed by atoms with Crippen molar-refractivity contribution < 1.29 is 23.4 Å². The number of rotatable bonds is 7. The number of hydrogen-bond donors (Lipinski definition) is 2. The van der Waals surface area contributed by atoms with Crippen molar-refractivity contribution in [2.75, 3.05) is 0 Å². The number of nitrogens with zero attached hydrogens (tertiary/aromatic N) is 3. The molecule has 0 bridgehead atoms. The predicted molar refractivity (Wildman–Crippen MR) is 108 cm³/mol. The van der Waals surface area contributed by atoms with Gasteiger partial charge in [0, 0.05) is 36.6 Å². The van der Waals surface area contributed by atoms with E-state index in [4.69, 9.17) is 27.2 Å². The summed E-state index contributed by atoms with van der Waals surface area (Å²) in [7, 11) is 0. The summed E-state index contributed by atoms with van der Waals surface area (Å²) < 4.78 is 33.6. The van der Waals surface area contributed by atoms with Crippen LogP contribution in [0.2, 0.25) is 5.02 Å². The molecule has 30 heavy (non-hydrogen) atoms. The summed E-state index contributed by atoms with van der Waals surface area (Å²) in [5.41, 5.74) is 6.34. The number of halogens is 4. The Labute approximate surface area is 181 Å². The highest BCUT2D eigenvalue weighted by atomic mass is 35.5. The molecule has 3 N–H and O–H groups in total. The third-order valence-corrected chi connectivity index (χ3v) is 4.00. The number of ether oxygens (including phenoxy) is 1. The molecule has 0 fully saturated rings. The van der Waals surface area contributed by atoms with E-state index in [1.54, 1.807) is 6.07 Å². The fourth-order valence-corrected chi connectivity index (χ4v) is 2.68. The molecule has 3 aromatic rings. The average molecular weight is 457 g/mol. The maximum atomic E-state index is 14.6. The van der Waals surface area contributed by atoms with E-state index in [0.717, 1.165) is 12.1 Å². The van der Waals surface area contributed by atoms with Crippen molar-refractivity contribution in [3.8, 4) is 23.0 Å². The van der Waals surface area contributed by atoms with Crippen LogP contribution < -0.4 is 10.5 Å². The molecule has 0 aliphatic carbocycles. The molecule has 3 rings (SSSR count). The number of carboxylic acids is 1. The molecule has 2 heterocycles. The minimum atomic E-state index is -1.01. The van der Waals surface area contributed by atoms with Gasteiger partial charge in [0.2, 0.25) is 0 Å². The van der Waals surface area contributed by atoms with E-state index in [2.05, 4.69) is 15.0 Å². The van der Waals surface area contributed by atoms with E-state index in [1.807, 2.05) is 0 Å². The smallest absolute Gasteiger partial charge is 0.304 e. The first-order chi connectivity index (χ1) is 13.8. The number of aromatic nitrogens is 3. The van der Waals surface area contributed by atoms with Crippen molar-refractivity contribution in [2.24, 2.45) is 5.73 Å². The summed E-state index contributed by atoms with van der Waals surface area (Å²) in [5.74, 6) is -2.70. The van der Waals surface area contributed by atoms with E-state index in [0.29, 0.717) is 5.69 Å². The summed E-state index contributed by atoms with van der Waals surface area (Å²) in [6, 6.07) is 5.84. The Morgan fingerprint density at radius 3 is 2.63 bits per heavy atom. The van der Waals surface area contributed by atoms with Gasteiger partial charge >= 0.3 is 5.97 Å². The fraction of sp³-hybridized carbons (Fsp3) is 0.158. The molecule has 0 spiro atoms. The standard InChI is InChI=1S/C19H15ClF2N4O3.ClH/c20-10-5-16(22)19(25-9-10)29-13-1-2-14(15(21)8-13)18-24-4-3-12(26-18)6-11(23)7-17(27)28;/h1-5,8-9,11H,6-7,23H2,(H,27,28);1H. The lowest BCUT2D eigenvalue weighted by molar-refractivity contribution is -0.137. The van der Waals surface area contributed by atoms with Crippen LogP contribution in [0, 0.1) is 11.6 Å². The van der Waals surface area contributed by atoms with Gasteiger partial charge in [-0.2, -0.15) is 0 Å². The number of carboxylic acid groups (broad SMARTS) is 1. The first-order valence-electron chi connectivity index (χ1n) is 8.40. The lowest BCUT2D eigenvalue weighted by Crippen LogP contribution is -2.26. The van der Waals surface area contributed by atoms with Gasteiger partial charge < -0.3 is 15.6 Å². The van der Waals surface area contributed by atoms with Gasteiger partial charge in [-0.1, -0.05) is 11.6 Å². The van der Waals surface area contributed by atoms with E-state index in [1.165, 1.54) is 24.5 Å².